The number of benzene rings is 2. The quantitative estimate of drug-likeness (QED) is 0.228. The lowest BCUT2D eigenvalue weighted by Gasteiger charge is -2.18. The SMILES string of the molecule is O=C[C@H]1CCN(C(=O)C(=CCCCCCCc2cccc(Cl)c2)c2cccc(Cl)c2)C1. The fourth-order valence-corrected chi connectivity index (χ4v) is 4.41. The fraction of sp³-hybridized carbons (Fsp3) is 0.385. The fourth-order valence-electron chi connectivity index (χ4n) is 4.00. The monoisotopic (exact) mass is 457 g/mol. The van der Waals surface area contributed by atoms with Gasteiger partial charge in [0, 0.05) is 34.6 Å². The number of hydrogen-bond acceptors (Lipinski definition) is 2. The van der Waals surface area contributed by atoms with Crippen LogP contribution in [-0.2, 0) is 16.0 Å². The zero-order chi connectivity index (χ0) is 22.1. The van der Waals surface area contributed by atoms with Crippen LogP contribution in [0.2, 0.25) is 10.0 Å². The third-order valence-corrected chi connectivity index (χ3v) is 6.20. The summed E-state index contributed by atoms with van der Waals surface area (Å²) in [5, 5.41) is 1.41. The third kappa shape index (κ3) is 7.22. The lowest BCUT2D eigenvalue weighted by atomic mass is 10.0. The van der Waals surface area contributed by atoms with Crippen LogP contribution >= 0.6 is 23.2 Å². The van der Waals surface area contributed by atoms with Crippen molar-refractivity contribution in [3.05, 3.63) is 75.8 Å². The normalized spacial score (nSPS) is 16.5. The molecule has 0 N–H and O–H groups in total. The van der Waals surface area contributed by atoms with Gasteiger partial charge in [-0.15, -0.1) is 0 Å². The molecule has 2 aromatic carbocycles. The average Bonchev–Trinajstić information content (AvgIpc) is 3.25. The van der Waals surface area contributed by atoms with Gasteiger partial charge in [-0.3, -0.25) is 4.79 Å². The van der Waals surface area contributed by atoms with Crippen molar-refractivity contribution in [2.45, 2.75) is 44.9 Å². The van der Waals surface area contributed by atoms with E-state index >= 15 is 0 Å². The summed E-state index contributed by atoms with van der Waals surface area (Å²) in [5.74, 6) is -0.0587. The number of likely N-dealkylation sites (tertiary alicyclic amines) is 1. The van der Waals surface area contributed by atoms with Crippen LogP contribution in [0.3, 0.4) is 0 Å². The van der Waals surface area contributed by atoms with Crippen LogP contribution in [0.4, 0.5) is 0 Å². The van der Waals surface area contributed by atoms with Crippen LogP contribution < -0.4 is 0 Å². The second-order valence-corrected chi connectivity index (χ2v) is 9.02. The largest absolute Gasteiger partial charge is 0.338 e. The maximum atomic E-state index is 13.2. The van der Waals surface area contributed by atoms with Gasteiger partial charge in [-0.2, -0.15) is 0 Å². The zero-order valence-corrected chi connectivity index (χ0v) is 19.2. The molecule has 0 spiro atoms. The number of allylic oxidation sites excluding steroid dienone is 1. The van der Waals surface area contributed by atoms with Crippen molar-refractivity contribution in [3.63, 3.8) is 0 Å². The number of carbonyl (C=O) groups excluding carboxylic acids is 2. The molecule has 0 aromatic heterocycles. The van der Waals surface area contributed by atoms with E-state index in [0.717, 1.165) is 61.8 Å². The third-order valence-electron chi connectivity index (χ3n) is 5.73. The first-order valence-corrected chi connectivity index (χ1v) is 11.8. The van der Waals surface area contributed by atoms with E-state index in [0.29, 0.717) is 23.7 Å². The van der Waals surface area contributed by atoms with E-state index in [1.54, 1.807) is 4.90 Å². The summed E-state index contributed by atoms with van der Waals surface area (Å²) in [6.07, 6.45) is 10.0. The Morgan fingerprint density at radius 1 is 1.00 bits per heavy atom. The summed E-state index contributed by atoms with van der Waals surface area (Å²) in [6.45, 7) is 1.13. The van der Waals surface area contributed by atoms with Crippen molar-refractivity contribution >= 4 is 41.0 Å². The molecular formula is C26H29Cl2NO2. The van der Waals surface area contributed by atoms with Crippen LogP contribution in [0, 0.1) is 5.92 Å². The molecule has 1 aliphatic heterocycles. The Balaban J connectivity index is 1.54. The molecule has 1 fully saturated rings. The van der Waals surface area contributed by atoms with Gasteiger partial charge >= 0.3 is 0 Å². The van der Waals surface area contributed by atoms with Gasteiger partial charge in [0.2, 0.25) is 0 Å². The summed E-state index contributed by atoms with van der Waals surface area (Å²) in [6, 6.07) is 15.5. The number of nitrogens with zero attached hydrogens (tertiary/aromatic N) is 1. The lowest BCUT2D eigenvalue weighted by molar-refractivity contribution is -0.124. The number of halogens is 2. The molecule has 0 aliphatic carbocycles. The first-order valence-electron chi connectivity index (χ1n) is 11.0. The van der Waals surface area contributed by atoms with Crippen molar-refractivity contribution in [2.75, 3.05) is 13.1 Å². The number of rotatable bonds is 10. The summed E-state index contributed by atoms with van der Waals surface area (Å²) < 4.78 is 0. The van der Waals surface area contributed by atoms with E-state index in [1.165, 1.54) is 5.56 Å². The molecule has 31 heavy (non-hydrogen) atoms. The standard InChI is InChI=1S/C26H29Cl2NO2/c27-23-11-6-9-20(16-23)8-4-2-1-3-5-13-25(22-10-7-12-24(28)17-22)26(31)29-15-14-21(18-29)19-30/h6-7,9-13,16-17,19,21H,1-5,8,14-15,18H2/t21-/m0/s1. The van der Waals surface area contributed by atoms with E-state index in [1.807, 2.05) is 48.5 Å². The van der Waals surface area contributed by atoms with E-state index < -0.39 is 0 Å². The van der Waals surface area contributed by atoms with Crippen LogP contribution in [0.5, 0.6) is 0 Å². The molecular weight excluding hydrogens is 429 g/mol. The van der Waals surface area contributed by atoms with Crippen molar-refractivity contribution in [1.29, 1.82) is 0 Å². The first-order chi connectivity index (χ1) is 15.1. The molecule has 1 amide bonds. The molecule has 0 saturated carbocycles. The molecule has 2 aromatic rings. The highest BCUT2D eigenvalue weighted by atomic mass is 35.5. The molecule has 0 unspecified atom stereocenters. The molecule has 1 saturated heterocycles. The van der Waals surface area contributed by atoms with Gasteiger partial charge in [0.25, 0.3) is 5.91 Å². The predicted octanol–water partition coefficient (Wildman–Crippen LogP) is 6.62. The van der Waals surface area contributed by atoms with Crippen molar-refractivity contribution in [1.82, 2.24) is 4.90 Å². The highest BCUT2D eigenvalue weighted by Crippen LogP contribution is 2.25. The van der Waals surface area contributed by atoms with E-state index in [9.17, 15) is 9.59 Å². The second kappa shape index (κ2) is 12.1. The Morgan fingerprint density at radius 2 is 1.74 bits per heavy atom. The Bertz CT molecular complexity index is 925. The van der Waals surface area contributed by atoms with Crippen molar-refractivity contribution < 1.29 is 9.59 Å². The first kappa shape index (κ1) is 23.6. The number of amides is 1. The number of carbonyl (C=O) groups is 2. The number of hydrogen-bond donors (Lipinski definition) is 0. The van der Waals surface area contributed by atoms with E-state index in [2.05, 4.69) is 6.07 Å². The van der Waals surface area contributed by atoms with Gasteiger partial charge in [-0.1, -0.05) is 66.4 Å². The Morgan fingerprint density at radius 3 is 2.45 bits per heavy atom. The molecule has 3 rings (SSSR count). The number of unbranched alkanes of at least 4 members (excludes halogenated alkanes) is 4. The maximum Gasteiger partial charge on any atom is 0.254 e. The van der Waals surface area contributed by atoms with Crippen LogP contribution in [0.15, 0.2) is 54.6 Å². The maximum absolute atomic E-state index is 13.2. The van der Waals surface area contributed by atoms with Crippen LogP contribution in [-0.4, -0.2) is 30.2 Å². The summed E-state index contributed by atoms with van der Waals surface area (Å²) in [4.78, 5) is 26.0. The van der Waals surface area contributed by atoms with Crippen LogP contribution in [0.1, 0.15) is 49.7 Å². The molecule has 164 valence electrons. The molecule has 1 heterocycles. The van der Waals surface area contributed by atoms with Gasteiger partial charge in [0.1, 0.15) is 6.29 Å². The Hall–Kier alpha value is -2.10. The Kier molecular flexibility index (Phi) is 9.17. The van der Waals surface area contributed by atoms with Gasteiger partial charge in [0.15, 0.2) is 0 Å². The Labute approximate surface area is 195 Å². The van der Waals surface area contributed by atoms with Crippen LogP contribution in [0.25, 0.3) is 5.57 Å². The highest BCUT2D eigenvalue weighted by molar-refractivity contribution is 6.31. The summed E-state index contributed by atoms with van der Waals surface area (Å²) in [7, 11) is 0. The van der Waals surface area contributed by atoms with Gasteiger partial charge in [-0.25, -0.2) is 0 Å². The molecule has 0 radical (unpaired) electrons. The van der Waals surface area contributed by atoms with Gasteiger partial charge in [-0.05, 0) is 67.5 Å². The number of aryl methyl sites for hydroxylation is 1. The lowest BCUT2D eigenvalue weighted by Crippen LogP contribution is -2.29. The summed E-state index contributed by atoms with van der Waals surface area (Å²) in [5.41, 5.74) is 2.81. The van der Waals surface area contributed by atoms with Crippen molar-refractivity contribution in [2.24, 2.45) is 5.92 Å². The molecule has 5 heteroatoms. The topological polar surface area (TPSA) is 37.4 Å². The van der Waals surface area contributed by atoms with E-state index in [4.69, 9.17) is 23.2 Å². The van der Waals surface area contributed by atoms with Crippen molar-refractivity contribution in [3.8, 4) is 0 Å². The molecule has 1 atom stereocenters. The summed E-state index contributed by atoms with van der Waals surface area (Å²) >= 11 is 12.2. The molecule has 3 nitrogen and oxygen atoms in total. The number of aldehydes is 1. The predicted molar refractivity (Wildman–Crippen MR) is 128 cm³/mol. The minimum atomic E-state index is -0.0518. The minimum Gasteiger partial charge on any atom is -0.338 e. The zero-order valence-electron chi connectivity index (χ0n) is 17.7. The molecule has 0 bridgehead atoms. The van der Waals surface area contributed by atoms with Gasteiger partial charge in [0.05, 0.1) is 0 Å². The van der Waals surface area contributed by atoms with E-state index in [-0.39, 0.29) is 11.8 Å². The second-order valence-electron chi connectivity index (χ2n) is 8.15. The molecule has 1 aliphatic rings. The average molecular weight is 458 g/mol. The minimum absolute atomic E-state index is 0.00688. The highest BCUT2D eigenvalue weighted by Gasteiger charge is 2.28. The smallest absolute Gasteiger partial charge is 0.254 e. The van der Waals surface area contributed by atoms with Gasteiger partial charge < -0.3 is 9.69 Å².